The molecule has 1 fully saturated rings. The van der Waals surface area contributed by atoms with Crippen molar-refractivity contribution < 1.29 is 9.59 Å². The average molecular weight is 141 g/mol. The van der Waals surface area contributed by atoms with Gasteiger partial charge in [0.2, 0.25) is 5.91 Å². The average Bonchev–Trinajstić information content (AvgIpc) is 2.64. The molecular weight excluding hydrogens is 130 g/mol. The molecule has 2 atom stereocenters. The van der Waals surface area contributed by atoms with E-state index in [0.717, 1.165) is 12.7 Å². The summed E-state index contributed by atoms with van der Waals surface area (Å²) in [7, 11) is 3.42. The van der Waals surface area contributed by atoms with Crippen LogP contribution in [0.3, 0.4) is 0 Å². The molecule has 1 aliphatic carbocycles. The van der Waals surface area contributed by atoms with Gasteiger partial charge < -0.3 is 9.69 Å². The summed E-state index contributed by atoms with van der Waals surface area (Å²) in [5, 5.41) is 0. The van der Waals surface area contributed by atoms with E-state index in [1.807, 2.05) is 0 Å². The molecule has 0 aromatic heterocycles. The van der Waals surface area contributed by atoms with E-state index in [-0.39, 0.29) is 17.7 Å². The molecule has 2 unspecified atom stereocenters. The van der Waals surface area contributed by atoms with Gasteiger partial charge in [-0.3, -0.25) is 4.79 Å². The number of amides is 1. The van der Waals surface area contributed by atoms with E-state index < -0.39 is 0 Å². The van der Waals surface area contributed by atoms with Crippen LogP contribution in [0.2, 0.25) is 0 Å². The zero-order valence-corrected chi connectivity index (χ0v) is 6.20. The molecule has 1 rings (SSSR count). The highest BCUT2D eigenvalue weighted by molar-refractivity contribution is 5.85. The highest BCUT2D eigenvalue weighted by atomic mass is 16.2. The molecule has 1 amide bonds. The summed E-state index contributed by atoms with van der Waals surface area (Å²) >= 11 is 0. The Hall–Kier alpha value is -0.860. The molecule has 0 N–H and O–H groups in total. The van der Waals surface area contributed by atoms with Gasteiger partial charge in [-0.15, -0.1) is 0 Å². The lowest BCUT2D eigenvalue weighted by Gasteiger charge is -2.07. The number of hydrogen-bond acceptors (Lipinski definition) is 2. The quantitative estimate of drug-likeness (QED) is 0.504. The summed E-state index contributed by atoms with van der Waals surface area (Å²) in [5.74, 6) is 0.0829. The van der Waals surface area contributed by atoms with Gasteiger partial charge in [0.1, 0.15) is 6.29 Å². The zero-order chi connectivity index (χ0) is 7.72. The fourth-order valence-electron chi connectivity index (χ4n) is 0.981. The first kappa shape index (κ1) is 7.25. The third-order valence-electron chi connectivity index (χ3n) is 1.77. The lowest BCUT2D eigenvalue weighted by atomic mass is 10.3. The van der Waals surface area contributed by atoms with Crippen LogP contribution >= 0.6 is 0 Å². The maximum absolute atomic E-state index is 11.0. The summed E-state index contributed by atoms with van der Waals surface area (Å²) in [6, 6.07) is 0. The first-order valence-corrected chi connectivity index (χ1v) is 3.33. The third kappa shape index (κ3) is 1.17. The molecule has 0 heterocycles. The predicted molar refractivity (Wildman–Crippen MR) is 36.4 cm³/mol. The van der Waals surface area contributed by atoms with Crippen molar-refractivity contribution in [2.45, 2.75) is 6.42 Å². The number of aldehydes is 1. The largest absolute Gasteiger partial charge is 0.349 e. The zero-order valence-electron chi connectivity index (χ0n) is 6.20. The molecule has 0 aromatic carbocycles. The minimum atomic E-state index is -0.00694. The summed E-state index contributed by atoms with van der Waals surface area (Å²) in [6.45, 7) is 0. The van der Waals surface area contributed by atoms with Crippen LogP contribution in [-0.2, 0) is 9.59 Å². The Morgan fingerprint density at radius 1 is 1.60 bits per heavy atom. The number of rotatable bonds is 2. The van der Waals surface area contributed by atoms with Crippen molar-refractivity contribution in [3.05, 3.63) is 0 Å². The number of hydrogen-bond donors (Lipinski definition) is 0. The Kier molecular flexibility index (Phi) is 1.74. The third-order valence-corrected chi connectivity index (χ3v) is 1.77. The lowest BCUT2D eigenvalue weighted by molar-refractivity contribution is -0.131. The second-order valence-corrected chi connectivity index (χ2v) is 2.87. The number of nitrogens with zero attached hydrogens (tertiary/aromatic N) is 1. The Morgan fingerprint density at radius 2 is 2.20 bits per heavy atom. The minimum absolute atomic E-state index is 0.00694. The summed E-state index contributed by atoms with van der Waals surface area (Å²) in [6.07, 6.45) is 1.62. The van der Waals surface area contributed by atoms with Crippen LogP contribution in [0, 0.1) is 11.8 Å². The monoisotopic (exact) mass is 141 g/mol. The van der Waals surface area contributed by atoms with E-state index in [2.05, 4.69) is 0 Å². The van der Waals surface area contributed by atoms with Crippen LogP contribution in [-0.4, -0.2) is 31.2 Å². The van der Waals surface area contributed by atoms with Gasteiger partial charge in [-0.1, -0.05) is 0 Å². The molecule has 0 aliphatic heterocycles. The molecule has 3 nitrogen and oxygen atoms in total. The van der Waals surface area contributed by atoms with Crippen LogP contribution in [0.15, 0.2) is 0 Å². The van der Waals surface area contributed by atoms with E-state index in [4.69, 9.17) is 0 Å². The van der Waals surface area contributed by atoms with E-state index in [0.29, 0.717) is 0 Å². The van der Waals surface area contributed by atoms with Crippen LogP contribution < -0.4 is 0 Å². The van der Waals surface area contributed by atoms with Crippen molar-refractivity contribution in [1.29, 1.82) is 0 Å². The van der Waals surface area contributed by atoms with Crippen molar-refractivity contribution in [2.24, 2.45) is 11.8 Å². The van der Waals surface area contributed by atoms with Gasteiger partial charge in [0, 0.05) is 25.9 Å². The fourth-order valence-corrected chi connectivity index (χ4v) is 0.981. The van der Waals surface area contributed by atoms with Crippen molar-refractivity contribution in [1.82, 2.24) is 4.90 Å². The molecule has 0 saturated heterocycles. The molecule has 1 aliphatic rings. The SMILES string of the molecule is CN(C)C(=O)C1CC1C=O. The minimum Gasteiger partial charge on any atom is -0.349 e. The van der Waals surface area contributed by atoms with Crippen LogP contribution in [0.4, 0.5) is 0 Å². The highest BCUT2D eigenvalue weighted by Crippen LogP contribution is 2.37. The standard InChI is InChI=1S/C7H11NO2/c1-8(2)7(10)6-3-5(6)4-9/h4-6H,3H2,1-2H3. The molecule has 0 aromatic rings. The second kappa shape index (κ2) is 2.40. The van der Waals surface area contributed by atoms with E-state index in [9.17, 15) is 9.59 Å². The Labute approximate surface area is 60.0 Å². The molecule has 0 bridgehead atoms. The van der Waals surface area contributed by atoms with Crippen LogP contribution in [0.1, 0.15) is 6.42 Å². The maximum Gasteiger partial charge on any atom is 0.225 e. The summed E-state index contributed by atoms with van der Waals surface area (Å²) in [4.78, 5) is 22.7. The summed E-state index contributed by atoms with van der Waals surface area (Å²) < 4.78 is 0. The Balaban J connectivity index is 2.39. The van der Waals surface area contributed by atoms with Gasteiger partial charge in [0.05, 0.1) is 0 Å². The molecule has 56 valence electrons. The predicted octanol–water partition coefficient (Wildman–Crippen LogP) is -0.0904. The molecule has 0 spiro atoms. The number of carbonyl (C=O) groups is 2. The van der Waals surface area contributed by atoms with Crippen molar-refractivity contribution >= 4 is 12.2 Å². The van der Waals surface area contributed by atoms with Gasteiger partial charge in [0.25, 0.3) is 0 Å². The van der Waals surface area contributed by atoms with Gasteiger partial charge in [-0.05, 0) is 6.42 Å². The molecule has 1 saturated carbocycles. The second-order valence-electron chi connectivity index (χ2n) is 2.87. The number of carbonyl (C=O) groups excluding carboxylic acids is 2. The van der Waals surface area contributed by atoms with Crippen molar-refractivity contribution in [3.8, 4) is 0 Å². The lowest BCUT2D eigenvalue weighted by Crippen LogP contribution is -2.24. The van der Waals surface area contributed by atoms with Crippen LogP contribution in [0.25, 0.3) is 0 Å². The molecule has 10 heavy (non-hydrogen) atoms. The molecule has 0 radical (unpaired) electrons. The smallest absolute Gasteiger partial charge is 0.225 e. The van der Waals surface area contributed by atoms with Gasteiger partial charge in [0.15, 0.2) is 0 Å². The van der Waals surface area contributed by atoms with Gasteiger partial charge >= 0.3 is 0 Å². The summed E-state index contributed by atoms with van der Waals surface area (Å²) in [5.41, 5.74) is 0. The fraction of sp³-hybridized carbons (Fsp3) is 0.714. The highest BCUT2D eigenvalue weighted by Gasteiger charge is 2.43. The Bertz CT molecular complexity index is 165. The van der Waals surface area contributed by atoms with E-state index in [1.165, 1.54) is 4.90 Å². The molecular formula is C7H11NO2. The maximum atomic E-state index is 11.0. The molecule has 3 heteroatoms. The normalized spacial score (nSPS) is 29.4. The Morgan fingerprint density at radius 3 is 2.50 bits per heavy atom. The van der Waals surface area contributed by atoms with E-state index >= 15 is 0 Å². The van der Waals surface area contributed by atoms with Crippen LogP contribution in [0.5, 0.6) is 0 Å². The topological polar surface area (TPSA) is 37.4 Å². The van der Waals surface area contributed by atoms with Gasteiger partial charge in [-0.25, -0.2) is 0 Å². The van der Waals surface area contributed by atoms with Crippen molar-refractivity contribution in [3.63, 3.8) is 0 Å². The van der Waals surface area contributed by atoms with Crippen molar-refractivity contribution in [2.75, 3.05) is 14.1 Å². The van der Waals surface area contributed by atoms with E-state index in [1.54, 1.807) is 14.1 Å². The first-order valence-electron chi connectivity index (χ1n) is 3.33. The first-order chi connectivity index (χ1) is 4.66. The van der Waals surface area contributed by atoms with Gasteiger partial charge in [-0.2, -0.15) is 0 Å².